The quantitative estimate of drug-likeness (QED) is 0.736. The lowest BCUT2D eigenvalue weighted by atomic mass is 10.1. The van der Waals surface area contributed by atoms with E-state index in [1.807, 2.05) is 31.4 Å². The van der Waals surface area contributed by atoms with Crippen molar-refractivity contribution in [2.24, 2.45) is 0 Å². The summed E-state index contributed by atoms with van der Waals surface area (Å²) in [6.07, 6.45) is 3.59. The van der Waals surface area contributed by atoms with Crippen LogP contribution in [0.15, 0.2) is 42.9 Å². The Morgan fingerprint density at radius 2 is 2.00 bits per heavy atom. The second-order valence-electron chi connectivity index (χ2n) is 4.16. The summed E-state index contributed by atoms with van der Waals surface area (Å²) in [6, 6.07) is 10.2. The van der Waals surface area contributed by atoms with Crippen LogP contribution >= 0.6 is 0 Å². The molecule has 4 nitrogen and oxygen atoms in total. The first-order chi connectivity index (χ1) is 8.90. The van der Waals surface area contributed by atoms with Gasteiger partial charge in [-0.25, -0.2) is 9.97 Å². The fourth-order valence-corrected chi connectivity index (χ4v) is 2.17. The zero-order valence-electron chi connectivity index (χ0n) is 10.1. The van der Waals surface area contributed by atoms with Gasteiger partial charge in [-0.3, -0.25) is 0 Å². The number of aromatic amines is 1. The van der Waals surface area contributed by atoms with Crippen molar-refractivity contribution in [2.45, 2.75) is 6.54 Å². The molecule has 0 atom stereocenters. The fraction of sp³-hybridized carbons (Fsp3) is 0.143. The number of benzene rings is 1. The van der Waals surface area contributed by atoms with Gasteiger partial charge in [0.1, 0.15) is 12.0 Å². The molecule has 0 aliphatic heterocycles. The molecule has 0 saturated heterocycles. The summed E-state index contributed by atoms with van der Waals surface area (Å²) in [5.41, 5.74) is 4.16. The lowest BCUT2D eigenvalue weighted by Gasteiger charge is -2.04. The van der Waals surface area contributed by atoms with Gasteiger partial charge in [0.2, 0.25) is 0 Å². The fourth-order valence-electron chi connectivity index (χ4n) is 2.17. The highest BCUT2D eigenvalue weighted by Crippen LogP contribution is 2.27. The highest BCUT2D eigenvalue weighted by Gasteiger charge is 2.11. The van der Waals surface area contributed by atoms with Gasteiger partial charge >= 0.3 is 0 Å². The van der Waals surface area contributed by atoms with Gasteiger partial charge in [-0.2, -0.15) is 0 Å². The van der Waals surface area contributed by atoms with E-state index in [9.17, 15) is 0 Å². The smallest absolute Gasteiger partial charge is 0.141 e. The molecule has 18 heavy (non-hydrogen) atoms. The van der Waals surface area contributed by atoms with Gasteiger partial charge in [-0.05, 0) is 12.6 Å². The van der Waals surface area contributed by atoms with Gasteiger partial charge in [0.25, 0.3) is 0 Å². The number of rotatable bonds is 3. The van der Waals surface area contributed by atoms with E-state index >= 15 is 0 Å². The highest BCUT2D eigenvalue weighted by molar-refractivity contribution is 5.93. The molecular weight excluding hydrogens is 224 g/mol. The predicted octanol–water partition coefficient (Wildman–Crippen LogP) is 2.34. The van der Waals surface area contributed by atoms with Crippen LogP contribution in [0.3, 0.4) is 0 Å². The summed E-state index contributed by atoms with van der Waals surface area (Å²) in [4.78, 5) is 11.9. The minimum atomic E-state index is 0.799. The highest BCUT2D eigenvalue weighted by atomic mass is 14.9. The zero-order chi connectivity index (χ0) is 12.4. The molecule has 0 aliphatic rings. The molecule has 0 bridgehead atoms. The number of aromatic nitrogens is 3. The number of fused-ring (bicyclic) bond motifs is 1. The third-order valence-electron chi connectivity index (χ3n) is 2.97. The molecule has 2 heterocycles. The molecule has 3 aromatic rings. The van der Waals surface area contributed by atoms with Crippen LogP contribution in [0.5, 0.6) is 0 Å². The van der Waals surface area contributed by atoms with E-state index in [1.165, 1.54) is 5.56 Å². The lowest BCUT2D eigenvalue weighted by molar-refractivity contribution is 0.823. The summed E-state index contributed by atoms with van der Waals surface area (Å²) in [5, 5.41) is 4.26. The first-order valence-corrected chi connectivity index (χ1v) is 5.91. The van der Waals surface area contributed by atoms with Crippen LogP contribution in [0, 0.1) is 0 Å². The van der Waals surface area contributed by atoms with Crippen molar-refractivity contribution in [3.63, 3.8) is 0 Å². The SMILES string of the molecule is CNCc1c[nH]c2ncnc(-c3ccccc3)c12. The van der Waals surface area contributed by atoms with Crippen molar-refractivity contribution < 1.29 is 0 Å². The molecule has 2 N–H and O–H groups in total. The van der Waals surface area contributed by atoms with Crippen LogP contribution in [-0.4, -0.2) is 22.0 Å². The standard InChI is InChI=1S/C14H14N4/c1-15-7-11-8-16-14-12(11)13(17-9-18-14)10-5-3-2-4-6-10/h2-6,8-9,15H,7H2,1H3,(H,16,17,18). The number of nitrogens with zero attached hydrogens (tertiary/aromatic N) is 2. The van der Waals surface area contributed by atoms with Gasteiger partial charge in [-0.15, -0.1) is 0 Å². The molecular formula is C14H14N4. The monoisotopic (exact) mass is 238 g/mol. The summed E-state index contributed by atoms with van der Waals surface area (Å²) in [5.74, 6) is 0. The topological polar surface area (TPSA) is 53.6 Å². The Bertz CT molecular complexity index is 658. The maximum absolute atomic E-state index is 4.43. The Kier molecular flexibility index (Phi) is 2.78. The summed E-state index contributed by atoms with van der Waals surface area (Å²) >= 11 is 0. The van der Waals surface area contributed by atoms with E-state index in [4.69, 9.17) is 0 Å². The molecule has 0 unspecified atom stereocenters. The number of H-pyrrole nitrogens is 1. The lowest BCUT2D eigenvalue weighted by Crippen LogP contribution is -2.04. The Balaban J connectivity index is 2.25. The predicted molar refractivity (Wildman–Crippen MR) is 72.1 cm³/mol. The second kappa shape index (κ2) is 4.58. The zero-order valence-corrected chi connectivity index (χ0v) is 10.1. The normalized spacial score (nSPS) is 10.9. The molecule has 0 spiro atoms. The average molecular weight is 238 g/mol. The molecule has 90 valence electrons. The third-order valence-corrected chi connectivity index (χ3v) is 2.97. The van der Waals surface area contributed by atoms with E-state index in [1.54, 1.807) is 6.33 Å². The van der Waals surface area contributed by atoms with Crippen molar-refractivity contribution in [1.82, 2.24) is 20.3 Å². The van der Waals surface area contributed by atoms with E-state index in [-0.39, 0.29) is 0 Å². The molecule has 0 saturated carbocycles. The third kappa shape index (κ3) is 1.76. The van der Waals surface area contributed by atoms with Gasteiger partial charge in [-0.1, -0.05) is 30.3 Å². The Labute approximate surface area is 105 Å². The minimum absolute atomic E-state index is 0.799. The van der Waals surface area contributed by atoms with E-state index < -0.39 is 0 Å². The van der Waals surface area contributed by atoms with Crippen molar-refractivity contribution >= 4 is 11.0 Å². The van der Waals surface area contributed by atoms with Gasteiger partial charge < -0.3 is 10.3 Å². The van der Waals surface area contributed by atoms with E-state index in [2.05, 4.69) is 32.4 Å². The summed E-state index contributed by atoms with van der Waals surface area (Å²) < 4.78 is 0. The molecule has 2 aromatic heterocycles. The maximum atomic E-state index is 4.43. The molecule has 3 rings (SSSR count). The van der Waals surface area contributed by atoms with Crippen LogP contribution in [0.4, 0.5) is 0 Å². The van der Waals surface area contributed by atoms with Crippen molar-refractivity contribution in [1.29, 1.82) is 0 Å². The first kappa shape index (κ1) is 10.9. The number of hydrogen-bond acceptors (Lipinski definition) is 3. The average Bonchev–Trinajstić information content (AvgIpc) is 2.84. The van der Waals surface area contributed by atoms with Crippen molar-refractivity contribution in [3.8, 4) is 11.3 Å². The molecule has 0 aliphatic carbocycles. The molecule has 0 radical (unpaired) electrons. The van der Waals surface area contributed by atoms with Crippen molar-refractivity contribution in [2.75, 3.05) is 7.05 Å². The van der Waals surface area contributed by atoms with Crippen LogP contribution in [-0.2, 0) is 6.54 Å². The molecule has 0 fully saturated rings. The van der Waals surface area contributed by atoms with Gasteiger partial charge in [0.15, 0.2) is 0 Å². The van der Waals surface area contributed by atoms with Crippen LogP contribution < -0.4 is 5.32 Å². The Hall–Kier alpha value is -2.20. The molecule has 1 aromatic carbocycles. The minimum Gasteiger partial charge on any atom is -0.346 e. The van der Waals surface area contributed by atoms with Crippen LogP contribution in [0.25, 0.3) is 22.3 Å². The summed E-state index contributed by atoms with van der Waals surface area (Å²) in [6.45, 7) is 0.799. The number of nitrogens with one attached hydrogen (secondary N) is 2. The first-order valence-electron chi connectivity index (χ1n) is 5.91. The van der Waals surface area contributed by atoms with Crippen LogP contribution in [0.2, 0.25) is 0 Å². The van der Waals surface area contributed by atoms with Crippen molar-refractivity contribution in [3.05, 3.63) is 48.4 Å². The maximum Gasteiger partial charge on any atom is 0.141 e. The van der Waals surface area contributed by atoms with E-state index in [0.29, 0.717) is 0 Å². The Morgan fingerprint density at radius 1 is 1.17 bits per heavy atom. The van der Waals surface area contributed by atoms with Gasteiger partial charge in [0.05, 0.1) is 5.69 Å². The number of hydrogen-bond donors (Lipinski definition) is 2. The van der Waals surface area contributed by atoms with E-state index in [0.717, 1.165) is 28.8 Å². The largest absolute Gasteiger partial charge is 0.346 e. The molecule has 4 heteroatoms. The summed E-state index contributed by atoms with van der Waals surface area (Å²) in [7, 11) is 1.94. The van der Waals surface area contributed by atoms with Crippen LogP contribution in [0.1, 0.15) is 5.56 Å². The molecule has 0 amide bonds. The van der Waals surface area contributed by atoms with Gasteiger partial charge in [0, 0.05) is 23.7 Å². The Morgan fingerprint density at radius 3 is 2.78 bits per heavy atom. The second-order valence-corrected chi connectivity index (χ2v) is 4.16.